The molecule has 2 N–H and O–H groups in total. The van der Waals surface area contributed by atoms with Crippen molar-refractivity contribution in [3.05, 3.63) is 64.8 Å². The van der Waals surface area contributed by atoms with E-state index in [-0.39, 0.29) is 11.9 Å². The molecule has 0 aliphatic rings. The van der Waals surface area contributed by atoms with Crippen molar-refractivity contribution >= 4 is 28.4 Å². The maximum atomic E-state index is 12.5. The molecule has 124 valence electrons. The molecular formula is C19H19ClN2O2. The van der Waals surface area contributed by atoms with E-state index >= 15 is 0 Å². The average Bonchev–Trinajstić information content (AvgIpc) is 3.04. The summed E-state index contributed by atoms with van der Waals surface area (Å²) < 4.78 is 5.24. The summed E-state index contributed by atoms with van der Waals surface area (Å²) in [4.78, 5) is 15.7. The molecule has 1 aromatic heterocycles. The second-order valence-corrected chi connectivity index (χ2v) is 6.22. The van der Waals surface area contributed by atoms with Crippen molar-refractivity contribution in [3.8, 4) is 5.75 Å². The zero-order chi connectivity index (χ0) is 17.1. The van der Waals surface area contributed by atoms with Gasteiger partial charge in [-0.1, -0.05) is 23.7 Å². The number of nitrogens with one attached hydrogen (secondary N) is 2. The third-order valence-electron chi connectivity index (χ3n) is 4.00. The Morgan fingerprint density at radius 2 is 2.12 bits per heavy atom. The second-order valence-electron chi connectivity index (χ2n) is 5.78. The summed E-state index contributed by atoms with van der Waals surface area (Å²) in [6, 6.07) is 13.2. The van der Waals surface area contributed by atoms with Crippen molar-refractivity contribution < 1.29 is 9.53 Å². The number of rotatable bonds is 5. The number of methoxy groups -OCH3 is 1. The number of fused-ring (bicyclic) bond motifs is 1. The number of aromatic amines is 1. The molecule has 3 rings (SSSR count). The Kier molecular flexibility index (Phi) is 4.76. The van der Waals surface area contributed by atoms with Crippen LogP contribution in [0.2, 0.25) is 5.02 Å². The average molecular weight is 343 g/mol. The Morgan fingerprint density at radius 3 is 2.92 bits per heavy atom. The summed E-state index contributed by atoms with van der Waals surface area (Å²) in [6.45, 7) is 1.99. The topological polar surface area (TPSA) is 54.1 Å². The van der Waals surface area contributed by atoms with Gasteiger partial charge < -0.3 is 15.0 Å². The Hall–Kier alpha value is -2.46. The number of carbonyl (C=O) groups excluding carboxylic acids is 1. The highest BCUT2D eigenvalue weighted by molar-refractivity contribution is 6.30. The normalized spacial score (nSPS) is 12.1. The summed E-state index contributed by atoms with van der Waals surface area (Å²) in [5.41, 5.74) is 2.78. The number of H-pyrrole nitrogens is 1. The van der Waals surface area contributed by atoms with E-state index in [9.17, 15) is 4.79 Å². The Balaban J connectivity index is 1.74. The van der Waals surface area contributed by atoms with Gasteiger partial charge in [0.05, 0.1) is 12.7 Å². The van der Waals surface area contributed by atoms with E-state index in [2.05, 4.69) is 22.4 Å². The fraction of sp³-hybridized carbons (Fsp3) is 0.211. The molecule has 0 fully saturated rings. The highest BCUT2D eigenvalue weighted by Crippen LogP contribution is 2.23. The zero-order valence-electron chi connectivity index (χ0n) is 13.6. The van der Waals surface area contributed by atoms with Gasteiger partial charge in [0.25, 0.3) is 5.91 Å². The minimum Gasteiger partial charge on any atom is -0.496 e. The monoisotopic (exact) mass is 342 g/mol. The first-order valence-electron chi connectivity index (χ1n) is 7.78. The molecule has 0 spiro atoms. The quantitative estimate of drug-likeness (QED) is 0.730. The first-order valence-corrected chi connectivity index (χ1v) is 8.15. The number of aromatic nitrogens is 1. The first-order chi connectivity index (χ1) is 11.6. The van der Waals surface area contributed by atoms with Gasteiger partial charge in [-0.05, 0) is 49.2 Å². The van der Waals surface area contributed by atoms with Gasteiger partial charge in [0.1, 0.15) is 5.75 Å². The summed E-state index contributed by atoms with van der Waals surface area (Å²) in [7, 11) is 1.53. The number of benzene rings is 2. The molecule has 0 bridgehead atoms. The lowest BCUT2D eigenvalue weighted by molar-refractivity contribution is 0.0937. The molecule has 0 radical (unpaired) electrons. The summed E-state index contributed by atoms with van der Waals surface area (Å²) in [5, 5.41) is 4.74. The van der Waals surface area contributed by atoms with E-state index in [1.165, 1.54) is 18.1 Å². The van der Waals surface area contributed by atoms with E-state index in [1.54, 1.807) is 18.2 Å². The van der Waals surface area contributed by atoms with Gasteiger partial charge in [-0.2, -0.15) is 0 Å². The van der Waals surface area contributed by atoms with Crippen LogP contribution in [0, 0.1) is 0 Å². The van der Waals surface area contributed by atoms with Crippen LogP contribution in [-0.2, 0) is 6.42 Å². The molecule has 2 aromatic carbocycles. The van der Waals surface area contributed by atoms with Crippen LogP contribution >= 0.6 is 11.6 Å². The zero-order valence-corrected chi connectivity index (χ0v) is 14.4. The predicted molar refractivity (Wildman–Crippen MR) is 96.9 cm³/mol. The molecule has 3 aromatic rings. The van der Waals surface area contributed by atoms with Crippen LogP contribution in [0.4, 0.5) is 0 Å². The predicted octanol–water partition coefficient (Wildman–Crippen LogP) is 4.19. The molecule has 0 saturated heterocycles. The molecule has 0 aliphatic carbocycles. The maximum Gasteiger partial charge on any atom is 0.255 e. The van der Waals surface area contributed by atoms with Gasteiger partial charge in [-0.15, -0.1) is 0 Å². The van der Waals surface area contributed by atoms with Crippen molar-refractivity contribution in [3.63, 3.8) is 0 Å². The van der Waals surface area contributed by atoms with Crippen LogP contribution in [0.3, 0.4) is 0 Å². The summed E-state index contributed by atoms with van der Waals surface area (Å²) in [5.74, 6) is 0.303. The number of hydrogen-bond acceptors (Lipinski definition) is 2. The third-order valence-corrected chi connectivity index (χ3v) is 4.23. The number of carbonyl (C=O) groups is 1. The maximum absolute atomic E-state index is 12.5. The first kappa shape index (κ1) is 16.4. The van der Waals surface area contributed by atoms with Crippen molar-refractivity contribution in [1.82, 2.24) is 10.3 Å². The summed E-state index contributed by atoms with van der Waals surface area (Å²) in [6.07, 6.45) is 2.67. The highest BCUT2D eigenvalue weighted by atomic mass is 35.5. The Bertz CT molecular complexity index is 873. The number of hydrogen-bond donors (Lipinski definition) is 2. The van der Waals surface area contributed by atoms with E-state index in [0.29, 0.717) is 16.3 Å². The molecule has 0 saturated carbocycles. The highest BCUT2D eigenvalue weighted by Gasteiger charge is 2.16. The lowest BCUT2D eigenvalue weighted by atomic mass is 10.0. The number of halogens is 1. The third kappa shape index (κ3) is 3.39. The van der Waals surface area contributed by atoms with E-state index in [4.69, 9.17) is 16.3 Å². The van der Waals surface area contributed by atoms with Crippen LogP contribution in [0.25, 0.3) is 10.9 Å². The molecular weight excluding hydrogens is 324 g/mol. The molecule has 4 nitrogen and oxygen atoms in total. The van der Waals surface area contributed by atoms with Crippen LogP contribution in [0.5, 0.6) is 5.75 Å². The van der Waals surface area contributed by atoms with Crippen LogP contribution in [0.15, 0.2) is 48.7 Å². The van der Waals surface area contributed by atoms with Crippen molar-refractivity contribution in [2.75, 3.05) is 7.11 Å². The molecule has 24 heavy (non-hydrogen) atoms. The standard InChI is InChI=1S/C19H19ClN2O2/c1-12(10-13-4-3-5-17-15(13)8-9-21-17)22-19(23)16-7-6-14(20)11-18(16)24-2/h3-9,11-12,21H,10H2,1-2H3,(H,22,23). The van der Waals surface area contributed by atoms with Crippen LogP contribution in [-0.4, -0.2) is 24.0 Å². The fourth-order valence-corrected chi connectivity index (χ4v) is 3.03. The molecule has 1 heterocycles. The van der Waals surface area contributed by atoms with E-state index < -0.39 is 0 Å². The van der Waals surface area contributed by atoms with Gasteiger partial charge in [0, 0.05) is 28.2 Å². The van der Waals surface area contributed by atoms with Crippen LogP contribution in [0.1, 0.15) is 22.8 Å². The fourth-order valence-electron chi connectivity index (χ4n) is 2.86. The molecule has 1 amide bonds. The van der Waals surface area contributed by atoms with E-state index in [0.717, 1.165) is 11.9 Å². The Morgan fingerprint density at radius 1 is 1.29 bits per heavy atom. The van der Waals surface area contributed by atoms with Crippen LogP contribution < -0.4 is 10.1 Å². The lowest BCUT2D eigenvalue weighted by Crippen LogP contribution is -2.34. The summed E-state index contributed by atoms with van der Waals surface area (Å²) >= 11 is 5.94. The number of amides is 1. The lowest BCUT2D eigenvalue weighted by Gasteiger charge is -2.16. The van der Waals surface area contributed by atoms with Gasteiger partial charge in [0.15, 0.2) is 0 Å². The number of ether oxygens (including phenoxy) is 1. The smallest absolute Gasteiger partial charge is 0.255 e. The van der Waals surface area contributed by atoms with Crippen molar-refractivity contribution in [2.45, 2.75) is 19.4 Å². The minimum atomic E-state index is -0.169. The minimum absolute atomic E-state index is 0.0154. The molecule has 0 aliphatic heterocycles. The van der Waals surface area contributed by atoms with Crippen molar-refractivity contribution in [1.29, 1.82) is 0 Å². The Labute approximate surface area is 145 Å². The van der Waals surface area contributed by atoms with Crippen molar-refractivity contribution in [2.24, 2.45) is 0 Å². The van der Waals surface area contributed by atoms with Gasteiger partial charge in [-0.3, -0.25) is 4.79 Å². The molecule has 1 unspecified atom stereocenters. The second kappa shape index (κ2) is 6.97. The van der Waals surface area contributed by atoms with E-state index in [1.807, 2.05) is 25.3 Å². The molecule has 1 atom stereocenters. The largest absolute Gasteiger partial charge is 0.496 e. The van der Waals surface area contributed by atoms with Gasteiger partial charge >= 0.3 is 0 Å². The SMILES string of the molecule is COc1cc(Cl)ccc1C(=O)NC(C)Cc1cccc2[nH]ccc12. The molecule has 5 heteroatoms. The van der Waals surface area contributed by atoms with Gasteiger partial charge in [-0.25, -0.2) is 0 Å². The van der Waals surface area contributed by atoms with Gasteiger partial charge in [0.2, 0.25) is 0 Å².